The van der Waals surface area contributed by atoms with Gasteiger partial charge in [0.05, 0.1) is 17.5 Å². The van der Waals surface area contributed by atoms with E-state index in [4.69, 9.17) is 0 Å². The Balaban J connectivity index is 2.51. The Hall–Kier alpha value is -0.420. The first-order valence-corrected chi connectivity index (χ1v) is 5.20. The number of hydrogen-bond donors (Lipinski definition) is 1. The van der Waals surface area contributed by atoms with Crippen molar-refractivity contribution in [1.29, 1.82) is 0 Å². The Morgan fingerprint density at radius 2 is 2.25 bits per heavy atom. The average Bonchev–Trinajstić information content (AvgIpc) is 2.03. The lowest BCUT2D eigenvalue weighted by atomic mass is 10.4. The molecule has 1 N–H and O–H groups in total. The summed E-state index contributed by atoms with van der Waals surface area (Å²) in [6.07, 6.45) is 0. The van der Waals surface area contributed by atoms with Gasteiger partial charge in [-0.05, 0) is 13.8 Å². The van der Waals surface area contributed by atoms with Crippen LogP contribution in [0, 0.1) is 0 Å². The molecule has 1 aliphatic rings. The minimum Gasteiger partial charge on any atom is -0.354 e. The van der Waals surface area contributed by atoms with E-state index >= 15 is 0 Å². The van der Waals surface area contributed by atoms with Crippen molar-refractivity contribution in [1.82, 2.24) is 9.62 Å². The van der Waals surface area contributed by atoms with Gasteiger partial charge in [-0.3, -0.25) is 4.79 Å². The minimum absolute atomic E-state index is 0.0322. The van der Waals surface area contributed by atoms with E-state index in [-0.39, 0.29) is 17.7 Å². The number of nitrogens with one attached hydrogen (secondary N) is 1. The van der Waals surface area contributed by atoms with Gasteiger partial charge in [0.15, 0.2) is 0 Å². The lowest BCUT2D eigenvalue weighted by molar-refractivity contribution is -0.122. The average molecular weight is 190 g/mol. The summed E-state index contributed by atoms with van der Waals surface area (Å²) in [4.78, 5) is 10.9. The van der Waals surface area contributed by atoms with E-state index < -0.39 is 11.0 Å². The number of piperazine rings is 1. The molecule has 0 aromatic carbocycles. The van der Waals surface area contributed by atoms with Crippen LogP contribution in [0.1, 0.15) is 13.8 Å². The zero-order valence-corrected chi connectivity index (χ0v) is 8.19. The maximum absolute atomic E-state index is 11.5. The van der Waals surface area contributed by atoms with Gasteiger partial charge in [0, 0.05) is 18.3 Å². The number of rotatable bonds is 2. The molecule has 5 heteroatoms. The van der Waals surface area contributed by atoms with Crippen LogP contribution in [-0.2, 0) is 15.8 Å². The summed E-state index contributed by atoms with van der Waals surface area (Å²) < 4.78 is 13.2. The maximum Gasteiger partial charge on any atom is 0.235 e. The Bertz CT molecular complexity index is 206. The van der Waals surface area contributed by atoms with E-state index in [1.165, 1.54) is 0 Å². The van der Waals surface area contributed by atoms with E-state index in [0.717, 1.165) is 0 Å². The van der Waals surface area contributed by atoms with Gasteiger partial charge in [0.1, 0.15) is 0 Å². The Morgan fingerprint density at radius 1 is 1.58 bits per heavy atom. The first kappa shape index (κ1) is 9.67. The summed E-state index contributed by atoms with van der Waals surface area (Å²) in [7, 11) is -1.01. The Morgan fingerprint density at radius 3 is 2.75 bits per heavy atom. The van der Waals surface area contributed by atoms with Gasteiger partial charge in [0.25, 0.3) is 0 Å². The van der Waals surface area contributed by atoms with Crippen LogP contribution < -0.4 is 5.32 Å². The van der Waals surface area contributed by atoms with Crippen LogP contribution in [0.5, 0.6) is 0 Å². The number of carbonyl (C=O) groups excluding carboxylic acids is 1. The highest BCUT2D eigenvalue weighted by atomic mass is 32.2. The second-order valence-electron chi connectivity index (χ2n) is 3.04. The largest absolute Gasteiger partial charge is 0.354 e. The molecule has 70 valence electrons. The molecule has 0 saturated carbocycles. The van der Waals surface area contributed by atoms with Gasteiger partial charge in [-0.25, -0.2) is 8.51 Å². The van der Waals surface area contributed by atoms with Crippen LogP contribution in [0.3, 0.4) is 0 Å². The van der Waals surface area contributed by atoms with Crippen LogP contribution in [-0.4, -0.2) is 39.3 Å². The van der Waals surface area contributed by atoms with Crippen molar-refractivity contribution in [3.05, 3.63) is 0 Å². The smallest absolute Gasteiger partial charge is 0.235 e. The maximum atomic E-state index is 11.5. The number of carbonyl (C=O) groups is 1. The molecule has 0 aromatic rings. The topological polar surface area (TPSA) is 49.4 Å². The molecule has 1 fully saturated rings. The Labute approximate surface area is 74.9 Å². The van der Waals surface area contributed by atoms with Crippen molar-refractivity contribution in [3.63, 3.8) is 0 Å². The number of hydrogen-bond acceptors (Lipinski definition) is 2. The van der Waals surface area contributed by atoms with Crippen LogP contribution in [0.4, 0.5) is 0 Å². The standard InChI is InChI=1S/C7H14N2O2S/c1-6(2)12(11)9-4-3-8-7(10)5-9/h6H,3-5H2,1-2H3,(H,8,10). The van der Waals surface area contributed by atoms with Crippen LogP contribution in [0.2, 0.25) is 0 Å². The van der Waals surface area contributed by atoms with Crippen molar-refractivity contribution in [3.8, 4) is 0 Å². The predicted octanol–water partition coefficient (Wildman–Crippen LogP) is -0.510. The highest BCUT2D eigenvalue weighted by Gasteiger charge is 2.22. The first-order chi connectivity index (χ1) is 5.61. The fourth-order valence-corrected chi connectivity index (χ4v) is 2.18. The van der Waals surface area contributed by atoms with Crippen molar-refractivity contribution in [2.45, 2.75) is 19.1 Å². The zero-order chi connectivity index (χ0) is 9.14. The van der Waals surface area contributed by atoms with Crippen molar-refractivity contribution >= 4 is 16.9 Å². The lowest BCUT2D eigenvalue weighted by Gasteiger charge is -2.26. The molecule has 0 spiro atoms. The molecule has 1 amide bonds. The van der Waals surface area contributed by atoms with Crippen LogP contribution >= 0.6 is 0 Å². The molecule has 0 bridgehead atoms. The summed E-state index contributed by atoms with van der Waals surface area (Å²) in [5.74, 6) is -0.0322. The molecule has 1 unspecified atom stereocenters. The fourth-order valence-electron chi connectivity index (χ4n) is 1.07. The van der Waals surface area contributed by atoms with Crippen LogP contribution in [0.25, 0.3) is 0 Å². The molecule has 1 saturated heterocycles. The van der Waals surface area contributed by atoms with Gasteiger partial charge in [-0.1, -0.05) is 0 Å². The summed E-state index contributed by atoms with van der Waals surface area (Å²) in [5.41, 5.74) is 0. The van der Waals surface area contributed by atoms with Gasteiger partial charge in [0.2, 0.25) is 5.91 Å². The molecule has 1 rings (SSSR count). The molecule has 0 aromatic heterocycles. The second kappa shape index (κ2) is 4.00. The first-order valence-electron chi connectivity index (χ1n) is 4.03. The second-order valence-corrected chi connectivity index (χ2v) is 5.05. The Kier molecular flexibility index (Phi) is 3.22. The summed E-state index contributed by atoms with van der Waals surface area (Å²) in [6, 6.07) is 0. The highest BCUT2D eigenvalue weighted by molar-refractivity contribution is 7.83. The number of amides is 1. The summed E-state index contributed by atoms with van der Waals surface area (Å²) in [6.45, 7) is 5.35. The van der Waals surface area contributed by atoms with E-state index in [0.29, 0.717) is 13.1 Å². The van der Waals surface area contributed by atoms with Crippen molar-refractivity contribution < 1.29 is 9.00 Å². The third-order valence-electron chi connectivity index (χ3n) is 1.66. The van der Waals surface area contributed by atoms with Gasteiger partial charge in [-0.15, -0.1) is 0 Å². The molecule has 4 nitrogen and oxygen atoms in total. The highest BCUT2D eigenvalue weighted by Crippen LogP contribution is 2.03. The summed E-state index contributed by atoms with van der Waals surface area (Å²) in [5, 5.41) is 2.78. The SMILES string of the molecule is CC(C)S(=O)N1CCNC(=O)C1. The number of nitrogens with zero attached hydrogens (tertiary/aromatic N) is 1. The van der Waals surface area contributed by atoms with E-state index in [1.54, 1.807) is 4.31 Å². The summed E-state index contributed by atoms with van der Waals surface area (Å²) >= 11 is 0. The molecular weight excluding hydrogens is 176 g/mol. The third-order valence-corrected chi connectivity index (χ3v) is 3.29. The van der Waals surface area contributed by atoms with Crippen LogP contribution in [0.15, 0.2) is 0 Å². The molecule has 1 aliphatic heterocycles. The van der Waals surface area contributed by atoms with E-state index in [9.17, 15) is 9.00 Å². The minimum atomic E-state index is -1.01. The molecule has 0 radical (unpaired) electrons. The zero-order valence-electron chi connectivity index (χ0n) is 7.37. The lowest BCUT2D eigenvalue weighted by Crippen LogP contribution is -2.49. The van der Waals surface area contributed by atoms with Gasteiger partial charge < -0.3 is 5.32 Å². The normalized spacial score (nSPS) is 22.4. The molecule has 1 atom stereocenters. The quantitative estimate of drug-likeness (QED) is 0.637. The van der Waals surface area contributed by atoms with Gasteiger partial charge in [-0.2, -0.15) is 0 Å². The van der Waals surface area contributed by atoms with E-state index in [1.807, 2.05) is 13.8 Å². The molecule has 1 heterocycles. The molecule has 12 heavy (non-hydrogen) atoms. The monoisotopic (exact) mass is 190 g/mol. The molecular formula is C7H14N2O2S. The van der Waals surface area contributed by atoms with E-state index in [2.05, 4.69) is 5.32 Å². The van der Waals surface area contributed by atoms with Crippen molar-refractivity contribution in [2.75, 3.05) is 19.6 Å². The van der Waals surface area contributed by atoms with Gasteiger partial charge >= 0.3 is 0 Å². The predicted molar refractivity (Wildman–Crippen MR) is 47.9 cm³/mol. The fraction of sp³-hybridized carbons (Fsp3) is 0.857. The van der Waals surface area contributed by atoms with Crippen molar-refractivity contribution in [2.24, 2.45) is 0 Å². The third kappa shape index (κ3) is 2.28. The molecule has 0 aliphatic carbocycles.